The number of halogens is 2. The second-order valence-electron chi connectivity index (χ2n) is 10.3. The van der Waals surface area contributed by atoms with E-state index in [1.165, 1.54) is 24.6 Å². The van der Waals surface area contributed by atoms with Crippen molar-refractivity contribution in [3.63, 3.8) is 0 Å². The fourth-order valence-corrected chi connectivity index (χ4v) is 4.23. The number of aliphatic hydroxyl groups is 1. The number of aromatic nitrogens is 2. The van der Waals surface area contributed by atoms with Gasteiger partial charge in [-0.05, 0) is 59.2 Å². The van der Waals surface area contributed by atoms with Gasteiger partial charge < -0.3 is 15.7 Å². The van der Waals surface area contributed by atoms with Gasteiger partial charge >= 0.3 is 0 Å². The summed E-state index contributed by atoms with van der Waals surface area (Å²) in [6.45, 7) is 8.50. The van der Waals surface area contributed by atoms with Gasteiger partial charge in [0, 0.05) is 37.8 Å². The molecule has 0 radical (unpaired) electrons. The minimum Gasteiger partial charge on any atom is -0.390 e. The zero-order valence-electron chi connectivity index (χ0n) is 21.2. The van der Waals surface area contributed by atoms with Gasteiger partial charge in [0.15, 0.2) is 0 Å². The van der Waals surface area contributed by atoms with Gasteiger partial charge in [-0.3, -0.25) is 4.79 Å². The summed E-state index contributed by atoms with van der Waals surface area (Å²) in [6, 6.07) is 12.5. The van der Waals surface area contributed by atoms with Crippen LogP contribution in [0.1, 0.15) is 44.4 Å². The minimum absolute atomic E-state index is 0.0863. The Morgan fingerprint density at radius 2 is 1.78 bits per heavy atom. The van der Waals surface area contributed by atoms with E-state index in [1.807, 2.05) is 18.2 Å². The Bertz CT molecular complexity index is 1150. The Morgan fingerprint density at radius 3 is 2.39 bits per heavy atom. The van der Waals surface area contributed by atoms with Crippen molar-refractivity contribution in [1.82, 2.24) is 20.8 Å². The highest BCUT2D eigenvalue weighted by Crippen LogP contribution is 2.27. The molecule has 1 amide bonds. The zero-order valence-corrected chi connectivity index (χ0v) is 21.2. The molecule has 0 aliphatic carbocycles. The molecule has 3 rings (SSSR count). The molecule has 192 valence electrons. The van der Waals surface area contributed by atoms with E-state index in [9.17, 15) is 18.7 Å². The van der Waals surface area contributed by atoms with E-state index >= 15 is 0 Å². The number of aliphatic hydroxyl groups excluding tert-OH is 1. The lowest BCUT2D eigenvalue weighted by molar-refractivity contribution is -0.120. The van der Waals surface area contributed by atoms with Gasteiger partial charge in [0.05, 0.1) is 17.8 Å². The fourth-order valence-electron chi connectivity index (χ4n) is 4.23. The molecular formula is C28H34F2N4O2. The van der Waals surface area contributed by atoms with Crippen molar-refractivity contribution in [1.29, 1.82) is 0 Å². The summed E-state index contributed by atoms with van der Waals surface area (Å²) in [7, 11) is 0. The number of rotatable bonds is 10. The lowest BCUT2D eigenvalue weighted by atomic mass is 9.87. The standard InChI is InChI=1S/C28H34F2N4O2/c1-18(35)33-26(13-20-11-22(29)14-23(30)12-20)27(36)17-31-16-21-10-19(15-28(2,3)4)7-8-24(21)25-6-5-9-32-34-25/h5-12,14,26-27,31,36H,13,15-17H2,1-4H3,(H,33,35). The van der Waals surface area contributed by atoms with Crippen molar-refractivity contribution in [3.05, 3.63) is 83.1 Å². The Hall–Kier alpha value is -3.23. The molecule has 6 nitrogen and oxygen atoms in total. The summed E-state index contributed by atoms with van der Waals surface area (Å²) in [5, 5.41) is 25.0. The molecular weight excluding hydrogens is 462 g/mol. The van der Waals surface area contributed by atoms with Crippen LogP contribution in [0.25, 0.3) is 11.3 Å². The van der Waals surface area contributed by atoms with Crippen LogP contribution < -0.4 is 10.6 Å². The molecule has 3 N–H and O–H groups in total. The molecule has 3 aromatic rings. The Morgan fingerprint density at radius 1 is 1.06 bits per heavy atom. The number of nitrogens with zero attached hydrogens (tertiary/aromatic N) is 2. The summed E-state index contributed by atoms with van der Waals surface area (Å²) < 4.78 is 27.3. The monoisotopic (exact) mass is 496 g/mol. The van der Waals surface area contributed by atoms with Crippen molar-refractivity contribution in [3.8, 4) is 11.3 Å². The van der Waals surface area contributed by atoms with E-state index in [0.717, 1.165) is 29.3 Å². The summed E-state index contributed by atoms with van der Waals surface area (Å²) in [5.41, 5.74) is 4.36. The number of amides is 1. The maximum atomic E-state index is 13.6. The molecule has 1 heterocycles. The second-order valence-corrected chi connectivity index (χ2v) is 10.3. The third-order valence-corrected chi connectivity index (χ3v) is 5.65. The van der Waals surface area contributed by atoms with Crippen molar-refractivity contribution in [2.24, 2.45) is 5.41 Å². The van der Waals surface area contributed by atoms with Crippen LogP contribution in [-0.4, -0.2) is 39.9 Å². The van der Waals surface area contributed by atoms with E-state index in [1.54, 1.807) is 6.20 Å². The second kappa shape index (κ2) is 12.1. The number of carbonyl (C=O) groups is 1. The topological polar surface area (TPSA) is 87.1 Å². The number of hydrogen-bond donors (Lipinski definition) is 3. The van der Waals surface area contributed by atoms with Gasteiger partial charge in [-0.1, -0.05) is 39.0 Å². The van der Waals surface area contributed by atoms with E-state index in [-0.39, 0.29) is 24.3 Å². The van der Waals surface area contributed by atoms with E-state index in [0.29, 0.717) is 12.1 Å². The lowest BCUT2D eigenvalue weighted by Crippen LogP contribution is -2.48. The van der Waals surface area contributed by atoms with Crippen LogP contribution in [0.2, 0.25) is 0 Å². The average Bonchev–Trinajstić information content (AvgIpc) is 2.77. The highest BCUT2D eigenvalue weighted by atomic mass is 19.1. The molecule has 0 saturated carbocycles. The molecule has 0 bridgehead atoms. The summed E-state index contributed by atoms with van der Waals surface area (Å²) in [4.78, 5) is 11.7. The van der Waals surface area contributed by atoms with Crippen LogP contribution in [-0.2, 0) is 24.2 Å². The van der Waals surface area contributed by atoms with Crippen molar-refractivity contribution >= 4 is 5.91 Å². The van der Waals surface area contributed by atoms with Gasteiger partial charge in [0.1, 0.15) is 11.6 Å². The van der Waals surface area contributed by atoms with E-state index in [4.69, 9.17) is 0 Å². The molecule has 2 aromatic carbocycles. The third-order valence-electron chi connectivity index (χ3n) is 5.65. The number of hydrogen-bond acceptors (Lipinski definition) is 5. The molecule has 2 atom stereocenters. The van der Waals surface area contributed by atoms with Crippen LogP contribution in [0, 0.1) is 17.0 Å². The van der Waals surface area contributed by atoms with Crippen molar-refractivity contribution < 1.29 is 18.7 Å². The molecule has 0 saturated heterocycles. The predicted octanol–water partition coefficient (Wildman–Crippen LogP) is 4.21. The smallest absolute Gasteiger partial charge is 0.217 e. The average molecular weight is 497 g/mol. The largest absolute Gasteiger partial charge is 0.390 e. The third kappa shape index (κ3) is 8.46. The van der Waals surface area contributed by atoms with Gasteiger partial charge in [-0.2, -0.15) is 10.2 Å². The lowest BCUT2D eigenvalue weighted by Gasteiger charge is -2.25. The fraction of sp³-hybridized carbons (Fsp3) is 0.393. The Balaban J connectivity index is 1.74. The maximum Gasteiger partial charge on any atom is 0.217 e. The molecule has 0 aliphatic rings. The maximum absolute atomic E-state index is 13.6. The molecule has 8 heteroatoms. The highest BCUT2D eigenvalue weighted by molar-refractivity contribution is 5.73. The van der Waals surface area contributed by atoms with Gasteiger partial charge in [-0.25, -0.2) is 8.78 Å². The van der Waals surface area contributed by atoms with Crippen LogP contribution in [0.15, 0.2) is 54.7 Å². The zero-order chi connectivity index (χ0) is 26.3. The molecule has 1 aromatic heterocycles. The van der Waals surface area contributed by atoms with Crippen LogP contribution in [0.5, 0.6) is 0 Å². The van der Waals surface area contributed by atoms with E-state index in [2.05, 4.69) is 53.7 Å². The van der Waals surface area contributed by atoms with E-state index < -0.39 is 23.8 Å². The molecule has 2 unspecified atom stereocenters. The van der Waals surface area contributed by atoms with Gasteiger partial charge in [0.25, 0.3) is 0 Å². The summed E-state index contributed by atoms with van der Waals surface area (Å²) in [6.07, 6.45) is 1.62. The first-order valence-electron chi connectivity index (χ1n) is 12.0. The van der Waals surface area contributed by atoms with Gasteiger partial charge in [-0.15, -0.1) is 0 Å². The number of carbonyl (C=O) groups excluding carboxylic acids is 1. The van der Waals surface area contributed by atoms with Crippen LogP contribution >= 0.6 is 0 Å². The molecule has 0 aliphatic heterocycles. The molecule has 0 fully saturated rings. The molecule has 0 spiro atoms. The van der Waals surface area contributed by atoms with Crippen molar-refractivity contribution in [2.75, 3.05) is 6.54 Å². The minimum atomic E-state index is -0.988. The van der Waals surface area contributed by atoms with Crippen LogP contribution in [0.4, 0.5) is 8.78 Å². The SMILES string of the molecule is CC(=O)NC(Cc1cc(F)cc(F)c1)C(O)CNCc1cc(CC(C)(C)C)ccc1-c1cccnn1. The predicted molar refractivity (Wildman–Crippen MR) is 136 cm³/mol. The quantitative estimate of drug-likeness (QED) is 0.392. The van der Waals surface area contributed by atoms with Gasteiger partial charge in [0.2, 0.25) is 5.91 Å². The Labute approximate surface area is 211 Å². The molecule has 36 heavy (non-hydrogen) atoms. The normalized spacial score (nSPS) is 13.3. The Kier molecular flexibility index (Phi) is 9.23. The first-order valence-corrected chi connectivity index (χ1v) is 12.0. The first-order chi connectivity index (χ1) is 17.0. The van der Waals surface area contributed by atoms with Crippen LogP contribution in [0.3, 0.4) is 0 Å². The summed E-state index contributed by atoms with van der Waals surface area (Å²) in [5.74, 6) is -1.74. The number of nitrogens with one attached hydrogen (secondary N) is 2. The highest BCUT2D eigenvalue weighted by Gasteiger charge is 2.22. The summed E-state index contributed by atoms with van der Waals surface area (Å²) >= 11 is 0. The number of benzene rings is 2. The van der Waals surface area contributed by atoms with Crippen molar-refractivity contribution in [2.45, 2.75) is 59.2 Å². The first kappa shape index (κ1) is 27.4.